The SMILES string of the molecule is CN1C2CCC1CN(C(=O)c1ccccc1N)CC2.Cl. The summed E-state index contributed by atoms with van der Waals surface area (Å²) in [5.74, 6) is 0.0825. The summed E-state index contributed by atoms with van der Waals surface area (Å²) in [6.07, 6.45) is 3.55. The number of carbonyl (C=O) groups excluding carboxylic acids is 1. The second kappa shape index (κ2) is 6.02. The summed E-state index contributed by atoms with van der Waals surface area (Å²) < 4.78 is 0. The average molecular weight is 296 g/mol. The summed E-state index contributed by atoms with van der Waals surface area (Å²) in [5.41, 5.74) is 7.13. The Morgan fingerprint density at radius 3 is 2.65 bits per heavy atom. The zero-order chi connectivity index (χ0) is 13.4. The van der Waals surface area contributed by atoms with E-state index in [-0.39, 0.29) is 18.3 Å². The van der Waals surface area contributed by atoms with Gasteiger partial charge in [0.05, 0.1) is 5.56 Å². The molecule has 0 saturated carbocycles. The van der Waals surface area contributed by atoms with Crippen molar-refractivity contribution in [3.63, 3.8) is 0 Å². The normalized spacial score (nSPS) is 25.9. The molecule has 0 radical (unpaired) electrons. The summed E-state index contributed by atoms with van der Waals surface area (Å²) >= 11 is 0. The first-order chi connectivity index (χ1) is 9.16. The molecule has 0 aliphatic carbocycles. The largest absolute Gasteiger partial charge is 0.398 e. The van der Waals surface area contributed by atoms with E-state index in [1.54, 1.807) is 6.07 Å². The molecule has 2 N–H and O–H groups in total. The zero-order valence-corrected chi connectivity index (χ0v) is 12.6. The minimum Gasteiger partial charge on any atom is -0.398 e. The number of para-hydroxylation sites is 1. The Morgan fingerprint density at radius 2 is 1.90 bits per heavy atom. The van der Waals surface area contributed by atoms with Gasteiger partial charge in [-0.1, -0.05) is 12.1 Å². The lowest BCUT2D eigenvalue weighted by molar-refractivity contribution is 0.0741. The molecule has 2 bridgehead atoms. The number of nitrogen functional groups attached to an aromatic ring is 1. The van der Waals surface area contributed by atoms with Crippen LogP contribution < -0.4 is 5.73 Å². The molecule has 2 aliphatic heterocycles. The van der Waals surface area contributed by atoms with E-state index in [0.717, 1.165) is 19.5 Å². The second-order valence-corrected chi connectivity index (χ2v) is 5.68. The minimum atomic E-state index is 0. The summed E-state index contributed by atoms with van der Waals surface area (Å²) in [5, 5.41) is 0. The highest BCUT2D eigenvalue weighted by Gasteiger charge is 2.36. The smallest absolute Gasteiger partial charge is 0.255 e. The molecule has 1 aromatic carbocycles. The Bertz CT molecular complexity index is 494. The highest BCUT2D eigenvalue weighted by atomic mass is 35.5. The number of likely N-dealkylation sites (N-methyl/N-ethyl adjacent to an activating group) is 1. The monoisotopic (exact) mass is 295 g/mol. The molecular formula is C15H22ClN3O. The van der Waals surface area contributed by atoms with Crippen molar-refractivity contribution in [2.24, 2.45) is 0 Å². The molecule has 0 spiro atoms. The van der Waals surface area contributed by atoms with Gasteiger partial charge >= 0.3 is 0 Å². The Kier molecular flexibility index (Phi) is 4.55. The van der Waals surface area contributed by atoms with Gasteiger partial charge in [-0.25, -0.2) is 0 Å². The highest BCUT2D eigenvalue weighted by molar-refractivity contribution is 5.99. The van der Waals surface area contributed by atoms with E-state index in [9.17, 15) is 4.79 Å². The average Bonchev–Trinajstić information content (AvgIpc) is 2.63. The van der Waals surface area contributed by atoms with Crippen LogP contribution in [0.1, 0.15) is 29.6 Å². The van der Waals surface area contributed by atoms with Crippen LogP contribution in [0.3, 0.4) is 0 Å². The van der Waals surface area contributed by atoms with Crippen LogP contribution in [-0.4, -0.2) is 47.9 Å². The van der Waals surface area contributed by atoms with Crippen molar-refractivity contribution in [3.05, 3.63) is 29.8 Å². The molecule has 110 valence electrons. The summed E-state index contributed by atoms with van der Waals surface area (Å²) in [6.45, 7) is 1.68. The molecule has 2 fully saturated rings. The van der Waals surface area contributed by atoms with Gasteiger partial charge in [0.25, 0.3) is 5.91 Å². The fraction of sp³-hybridized carbons (Fsp3) is 0.533. The lowest BCUT2D eigenvalue weighted by atomic mass is 10.1. The Hall–Kier alpha value is -1.26. The fourth-order valence-electron chi connectivity index (χ4n) is 3.36. The van der Waals surface area contributed by atoms with E-state index in [2.05, 4.69) is 11.9 Å². The number of nitrogens with two attached hydrogens (primary N) is 1. The quantitative estimate of drug-likeness (QED) is 0.806. The van der Waals surface area contributed by atoms with Crippen molar-refractivity contribution in [2.75, 3.05) is 25.9 Å². The van der Waals surface area contributed by atoms with Crippen LogP contribution in [0.4, 0.5) is 5.69 Å². The summed E-state index contributed by atoms with van der Waals surface area (Å²) in [4.78, 5) is 17.0. The first kappa shape index (κ1) is 15.1. The Labute approximate surface area is 126 Å². The van der Waals surface area contributed by atoms with Crippen molar-refractivity contribution < 1.29 is 4.79 Å². The van der Waals surface area contributed by atoms with Gasteiger partial charge in [-0.2, -0.15) is 0 Å². The lowest BCUT2D eigenvalue weighted by Crippen LogP contribution is -2.39. The van der Waals surface area contributed by atoms with Crippen molar-refractivity contribution in [1.82, 2.24) is 9.80 Å². The predicted molar refractivity (Wildman–Crippen MR) is 83.2 cm³/mol. The molecule has 4 nitrogen and oxygen atoms in total. The number of anilines is 1. The molecular weight excluding hydrogens is 274 g/mol. The first-order valence-electron chi connectivity index (χ1n) is 7.02. The molecule has 1 aromatic rings. The van der Waals surface area contributed by atoms with E-state index in [1.165, 1.54) is 12.8 Å². The van der Waals surface area contributed by atoms with Gasteiger partial charge in [-0.05, 0) is 38.4 Å². The summed E-state index contributed by atoms with van der Waals surface area (Å²) in [6, 6.07) is 8.52. The number of hydrogen-bond acceptors (Lipinski definition) is 3. The van der Waals surface area contributed by atoms with Gasteiger partial charge in [0.2, 0.25) is 0 Å². The van der Waals surface area contributed by atoms with Crippen molar-refractivity contribution in [2.45, 2.75) is 31.3 Å². The fourth-order valence-corrected chi connectivity index (χ4v) is 3.36. The standard InChI is InChI=1S/C15H21N3O.ClH/c1-17-11-6-7-12(17)10-18(9-8-11)15(19)13-4-2-3-5-14(13)16;/h2-5,11-12H,6-10,16H2,1H3;1H. The van der Waals surface area contributed by atoms with Crippen LogP contribution in [0.5, 0.6) is 0 Å². The number of carbonyl (C=O) groups is 1. The number of likely N-dealkylation sites (tertiary alicyclic amines) is 1. The van der Waals surface area contributed by atoms with Crippen LogP contribution in [0, 0.1) is 0 Å². The maximum atomic E-state index is 12.6. The van der Waals surface area contributed by atoms with Gasteiger partial charge in [0.15, 0.2) is 0 Å². The van der Waals surface area contributed by atoms with Crippen LogP contribution in [0.25, 0.3) is 0 Å². The Balaban J connectivity index is 0.00000147. The topological polar surface area (TPSA) is 49.6 Å². The number of halogens is 1. The highest BCUT2D eigenvalue weighted by Crippen LogP contribution is 2.29. The van der Waals surface area contributed by atoms with Crippen molar-refractivity contribution in [1.29, 1.82) is 0 Å². The number of rotatable bonds is 1. The van der Waals surface area contributed by atoms with E-state index >= 15 is 0 Å². The second-order valence-electron chi connectivity index (χ2n) is 5.68. The van der Waals surface area contributed by atoms with Crippen LogP contribution >= 0.6 is 12.4 Å². The third kappa shape index (κ3) is 2.63. The van der Waals surface area contributed by atoms with Crippen LogP contribution in [0.2, 0.25) is 0 Å². The van der Waals surface area contributed by atoms with Crippen molar-refractivity contribution in [3.8, 4) is 0 Å². The van der Waals surface area contributed by atoms with E-state index < -0.39 is 0 Å². The molecule has 2 atom stereocenters. The number of hydrogen-bond donors (Lipinski definition) is 1. The minimum absolute atomic E-state index is 0. The van der Waals surface area contributed by atoms with Gasteiger partial charge in [0, 0.05) is 30.9 Å². The molecule has 1 amide bonds. The predicted octanol–water partition coefficient (Wildman–Crippen LogP) is 2.00. The lowest BCUT2D eigenvalue weighted by Gasteiger charge is -2.26. The van der Waals surface area contributed by atoms with E-state index in [0.29, 0.717) is 23.3 Å². The number of benzene rings is 1. The molecule has 0 aromatic heterocycles. The third-order valence-electron chi connectivity index (χ3n) is 4.63. The molecule has 2 heterocycles. The Morgan fingerprint density at radius 1 is 1.20 bits per heavy atom. The van der Waals surface area contributed by atoms with E-state index in [1.807, 2.05) is 23.1 Å². The third-order valence-corrected chi connectivity index (χ3v) is 4.63. The number of nitrogens with zero attached hydrogens (tertiary/aromatic N) is 2. The van der Waals surface area contributed by atoms with E-state index in [4.69, 9.17) is 5.73 Å². The molecule has 20 heavy (non-hydrogen) atoms. The molecule has 2 saturated heterocycles. The maximum Gasteiger partial charge on any atom is 0.255 e. The number of amides is 1. The molecule has 2 unspecified atom stereocenters. The molecule has 2 aliphatic rings. The van der Waals surface area contributed by atoms with Gasteiger partial charge < -0.3 is 10.6 Å². The molecule has 5 heteroatoms. The summed E-state index contributed by atoms with van der Waals surface area (Å²) in [7, 11) is 2.19. The van der Waals surface area contributed by atoms with Crippen LogP contribution in [0.15, 0.2) is 24.3 Å². The van der Waals surface area contributed by atoms with Gasteiger partial charge in [0.1, 0.15) is 0 Å². The van der Waals surface area contributed by atoms with Crippen molar-refractivity contribution >= 4 is 24.0 Å². The first-order valence-corrected chi connectivity index (χ1v) is 7.02. The van der Waals surface area contributed by atoms with Gasteiger partial charge in [-0.3, -0.25) is 9.69 Å². The maximum absolute atomic E-state index is 12.6. The zero-order valence-electron chi connectivity index (χ0n) is 11.8. The van der Waals surface area contributed by atoms with Gasteiger partial charge in [-0.15, -0.1) is 12.4 Å². The number of fused-ring (bicyclic) bond motifs is 2. The molecule has 3 rings (SSSR count). The van der Waals surface area contributed by atoms with Crippen LogP contribution in [-0.2, 0) is 0 Å².